The lowest BCUT2D eigenvalue weighted by molar-refractivity contribution is -0.167. The highest BCUT2D eigenvalue weighted by Crippen LogP contribution is 2.12. The number of morpholine rings is 1. The van der Waals surface area contributed by atoms with Crippen LogP contribution in [0.25, 0.3) is 0 Å². The van der Waals surface area contributed by atoms with Crippen molar-refractivity contribution in [3.8, 4) is 0 Å². The first kappa shape index (κ1) is 6.99. The molecule has 0 radical (unpaired) electrons. The van der Waals surface area contributed by atoms with Gasteiger partial charge in [0.15, 0.2) is 0 Å². The molecule has 1 atom stereocenters. The molecule has 0 aliphatic carbocycles. The van der Waals surface area contributed by atoms with E-state index in [4.69, 9.17) is 4.74 Å². The van der Waals surface area contributed by atoms with Gasteiger partial charge in [-0.1, -0.05) is 0 Å². The van der Waals surface area contributed by atoms with Crippen molar-refractivity contribution in [2.24, 2.45) is 0 Å². The third-order valence-electron chi connectivity index (χ3n) is 1.77. The minimum Gasteiger partial charge on any atom is -0.376 e. The van der Waals surface area contributed by atoms with E-state index in [-0.39, 0.29) is 0 Å². The second kappa shape index (κ2) is 2.25. The number of hydrogen-bond acceptors (Lipinski definition) is 3. The zero-order chi connectivity index (χ0) is 6.91. The van der Waals surface area contributed by atoms with Crippen LogP contribution in [-0.2, 0) is 4.74 Å². The molecule has 0 aromatic rings. The van der Waals surface area contributed by atoms with Gasteiger partial charge in [0.1, 0.15) is 5.72 Å². The monoisotopic (exact) mass is 131 g/mol. The van der Waals surface area contributed by atoms with Crippen molar-refractivity contribution in [2.45, 2.75) is 12.6 Å². The molecule has 0 saturated carbocycles. The van der Waals surface area contributed by atoms with E-state index in [1.807, 2.05) is 11.9 Å². The van der Waals surface area contributed by atoms with Crippen molar-refractivity contribution in [3.05, 3.63) is 0 Å². The summed E-state index contributed by atoms with van der Waals surface area (Å²) in [4.78, 5) is 1.89. The molecule has 3 heteroatoms. The first-order valence-electron chi connectivity index (χ1n) is 3.14. The Hall–Kier alpha value is -0.120. The maximum Gasteiger partial charge on any atom is 0.139 e. The largest absolute Gasteiger partial charge is 0.376 e. The van der Waals surface area contributed by atoms with Crippen LogP contribution in [0.2, 0.25) is 0 Å². The molecule has 1 saturated heterocycles. The van der Waals surface area contributed by atoms with E-state index < -0.39 is 5.72 Å². The zero-order valence-corrected chi connectivity index (χ0v) is 5.92. The average Bonchev–Trinajstić information content (AvgIpc) is 1.77. The highest BCUT2D eigenvalue weighted by Gasteiger charge is 2.29. The van der Waals surface area contributed by atoms with Gasteiger partial charge in [-0.3, -0.25) is 4.90 Å². The Morgan fingerprint density at radius 1 is 1.67 bits per heavy atom. The van der Waals surface area contributed by atoms with Crippen molar-refractivity contribution in [1.82, 2.24) is 4.90 Å². The van der Waals surface area contributed by atoms with E-state index in [9.17, 15) is 5.11 Å². The molecule has 0 aromatic carbocycles. The molecule has 1 rings (SSSR count). The van der Waals surface area contributed by atoms with Crippen LogP contribution < -0.4 is 0 Å². The molecule has 1 aliphatic rings. The fourth-order valence-corrected chi connectivity index (χ4v) is 0.818. The van der Waals surface area contributed by atoms with Gasteiger partial charge in [-0.2, -0.15) is 0 Å². The van der Waals surface area contributed by atoms with E-state index >= 15 is 0 Å². The van der Waals surface area contributed by atoms with Gasteiger partial charge in [0.2, 0.25) is 0 Å². The molecule has 1 heterocycles. The molecular weight excluding hydrogens is 118 g/mol. The van der Waals surface area contributed by atoms with Crippen LogP contribution in [0.5, 0.6) is 0 Å². The van der Waals surface area contributed by atoms with Crippen LogP contribution in [0.1, 0.15) is 6.92 Å². The molecule has 1 N–H and O–H groups in total. The number of rotatable bonds is 0. The van der Waals surface area contributed by atoms with Gasteiger partial charge >= 0.3 is 0 Å². The first-order chi connectivity index (χ1) is 4.13. The predicted molar refractivity (Wildman–Crippen MR) is 34.1 cm³/mol. The third kappa shape index (κ3) is 1.41. The number of nitrogens with zero attached hydrogens (tertiary/aromatic N) is 1. The minimum absolute atomic E-state index is 0.420. The maximum atomic E-state index is 9.44. The molecule has 1 unspecified atom stereocenters. The Morgan fingerprint density at radius 3 is 2.67 bits per heavy atom. The van der Waals surface area contributed by atoms with Crippen LogP contribution in [0, 0.1) is 0 Å². The van der Waals surface area contributed by atoms with E-state index in [0.717, 1.165) is 13.2 Å². The number of hydrogen-bond donors (Lipinski definition) is 1. The standard InChI is InChI=1S/C6H13NO2/c1-6(8)5-9-4-3-7(6)2/h8H,3-5H2,1-2H3. The summed E-state index contributed by atoms with van der Waals surface area (Å²) >= 11 is 0. The number of aliphatic hydroxyl groups is 1. The number of likely N-dealkylation sites (N-methyl/N-ethyl adjacent to an activating group) is 1. The van der Waals surface area contributed by atoms with Gasteiger partial charge in [-0.15, -0.1) is 0 Å². The maximum absolute atomic E-state index is 9.44. The molecule has 0 aromatic heterocycles. The van der Waals surface area contributed by atoms with Gasteiger partial charge in [-0.05, 0) is 14.0 Å². The Morgan fingerprint density at radius 2 is 2.33 bits per heavy atom. The minimum atomic E-state index is -0.752. The summed E-state index contributed by atoms with van der Waals surface area (Å²) in [5, 5.41) is 9.44. The highest BCUT2D eigenvalue weighted by atomic mass is 16.5. The summed E-state index contributed by atoms with van der Waals surface area (Å²) in [5.41, 5.74) is -0.752. The lowest BCUT2D eigenvalue weighted by atomic mass is 10.2. The van der Waals surface area contributed by atoms with Crippen LogP contribution in [0.4, 0.5) is 0 Å². The quantitative estimate of drug-likeness (QED) is 0.488. The van der Waals surface area contributed by atoms with Crippen LogP contribution in [0.3, 0.4) is 0 Å². The van der Waals surface area contributed by atoms with Gasteiger partial charge in [-0.25, -0.2) is 0 Å². The average molecular weight is 131 g/mol. The van der Waals surface area contributed by atoms with Gasteiger partial charge in [0.25, 0.3) is 0 Å². The third-order valence-corrected chi connectivity index (χ3v) is 1.77. The summed E-state index contributed by atoms with van der Waals surface area (Å²) in [5.74, 6) is 0. The summed E-state index contributed by atoms with van der Waals surface area (Å²) in [6, 6.07) is 0. The van der Waals surface area contributed by atoms with Crippen LogP contribution >= 0.6 is 0 Å². The lowest BCUT2D eigenvalue weighted by Gasteiger charge is -2.37. The molecule has 3 nitrogen and oxygen atoms in total. The molecule has 0 amide bonds. The van der Waals surface area contributed by atoms with E-state index in [2.05, 4.69) is 0 Å². The fourth-order valence-electron chi connectivity index (χ4n) is 0.818. The van der Waals surface area contributed by atoms with Crippen molar-refractivity contribution in [1.29, 1.82) is 0 Å². The van der Waals surface area contributed by atoms with Crippen LogP contribution in [0.15, 0.2) is 0 Å². The number of ether oxygens (including phenoxy) is 1. The Bertz CT molecular complexity index is 103. The van der Waals surface area contributed by atoms with Crippen molar-refractivity contribution >= 4 is 0 Å². The van der Waals surface area contributed by atoms with E-state index in [1.165, 1.54) is 0 Å². The molecule has 54 valence electrons. The fraction of sp³-hybridized carbons (Fsp3) is 1.00. The van der Waals surface area contributed by atoms with Crippen molar-refractivity contribution in [3.63, 3.8) is 0 Å². The lowest BCUT2D eigenvalue weighted by Crippen LogP contribution is -2.52. The van der Waals surface area contributed by atoms with Crippen molar-refractivity contribution in [2.75, 3.05) is 26.8 Å². The molecule has 0 spiro atoms. The van der Waals surface area contributed by atoms with Gasteiger partial charge in [0.05, 0.1) is 13.2 Å². The van der Waals surface area contributed by atoms with Gasteiger partial charge < -0.3 is 9.84 Å². The summed E-state index contributed by atoms with van der Waals surface area (Å²) in [7, 11) is 1.89. The van der Waals surface area contributed by atoms with Crippen molar-refractivity contribution < 1.29 is 9.84 Å². The Kier molecular flexibility index (Phi) is 1.75. The molecule has 1 aliphatic heterocycles. The smallest absolute Gasteiger partial charge is 0.139 e. The second-order valence-electron chi connectivity index (χ2n) is 2.69. The van der Waals surface area contributed by atoms with Crippen LogP contribution in [-0.4, -0.2) is 42.5 Å². The Balaban J connectivity index is 2.49. The molecule has 0 bridgehead atoms. The first-order valence-corrected chi connectivity index (χ1v) is 3.14. The van der Waals surface area contributed by atoms with E-state index in [0.29, 0.717) is 6.61 Å². The highest BCUT2D eigenvalue weighted by molar-refractivity contribution is 4.74. The predicted octanol–water partition coefficient (Wildman–Crippen LogP) is -0.343. The summed E-state index contributed by atoms with van der Waals surface area (Å²) in [6.45, 7) is 3.72. The van der Waals surface area contributed by atoms with E-state index in [1.54, 1.807) is 6.92 Å². The SMILES string of the molecule is CN1CCOCC1(C)O. The summed E-state index contributed by atoms with van der Waals surface area (Å²) in [6.07, 6.45) is 0. The molecule has 1 fully saturated rings. The van der Waals surface area contributed by atoms with Gasteiger partial charge in [0, 0.05) is 6.54 Å². The normalized spacial score (nSPS) is 39.0. The topological polar surface area (TPSA) is 32.7 Å². The summed E-state index contributed by atoms with van der Waals surface area (Å²) < 4.78 is 5.06. The Labute approximate surface area is 55.2 Å². The molecule has 9 heavy (non-hydrogen) atoms. The molecular formula is C6H13NO2. The second-order valence-corrected chi connectivity index (χ2v) is 2.69. The zero-order valence-electron chi connectivity index (χ0n) is 5.92.